The molecule has 6 heteroatoms. The maximum atomic E-state index is 12.8. The number of benzene rings is 2. The molecule has 0 saturated carbocycles. The number of para-hydroxylation sites is 1. The molecule has 2 amide bonds. The second kappa shape index (κ2) is 9.17. The Kier molecular flexibility index (Phi) is 6.42. The fourth-order valence-corrected chi connectivity index (χ4v) is 3.17. The molecule has 0 atom stereocenters. The molecule has 0 aromatic heterocycles. The van der Waals surface area contributed by atoms with Crippen LogP contribution in [0.5, 0.6) is 5.75 Å². The smallest absolute Gasteiger partial charge is 0.262 e. The van der Waals surface area contributed by atoms with E-state index in [2.05, 4.69) is 5.32 Å². The largest absolute Gasteiger partial charge is 0.484 e. The molecule has 2 aromatic carbocycles. The third kappa shape index (κ3) is 4.97. The summed E-state index contributed by atoms with van der Waals surface area (Å²) in [6, 6.07) is 13.6. The number of carbonyl (C=O) groups is 3. The summed E-state index contributed by atoms with van der Waals surface area (Å²) in [5.74, 6) is 0.0583. The number of nitrogens with zero attached hydrogens (tertiary/aromatic N) is 1. The van der Waals surface area contributed by atoms with Crippen molar-refractivity contribution < 1.29 is 19.1 Å². The highest BCUT2D eigenvalue weighted by molar-refractivity contribution is 6.04. The Hall–Kier alpha value is -3.15. The quantitative estimate of drug-likeness (QED) is 0.778. The number of piperidine rings is 1. The highest BCUT2D eigenvalue weighted by Crippen LogP contribution is 2.20. The molecular formula is C22H24N2O4. The summed E-state index contributed by atoms with van der Waals surface area (Å²) >= 11 is 0. The number of hydrogen-bond acceptors (Lipinski definition) is 4. The number of likely N-dealkylation sites (tertiary alicyclic amines) is 1. The van der Waals surface area contributed by atoms with Gasteiger partial charge < -0.3 is 15.0 Å². The Labute approximate surface area is 164 Å². The van der Waals surface area contributed by atoms with Crippen molar-refractivity contribution in [2.75, 3.05) is 25.0 Å². The minimum Gasteiger partial charge on any atom is -0.484 e. The summed E-state index contributed by atoms with van der Waals surface area (Å²) in [4.78, 5) is 38.2. The van der Waals surface area contributed by atoms with E-state index < -0.39 is 0 Å². The van der Waals surface area contributed by atoms with Crippen LogP contribution >= 0.6 is 0 Å². The number of Topliss-reactive ketones (excluding diaryl/α,β-unsaturated/α-hetero) is 1. The predicted molar refractivity (Wildman–Crippen MR) is 107 cm³/mol. The number of hydrogen-bond donors (Lipinski definition) is 1. The third-order valence-corrected chi connectivity index (χ3v) is 4.71. The van der Waals surface area contributed by atoms with E-state index in [9.17, 15) is 14.4 Å². The molecule has 0 radical (unpaired) electrons. The number of ketones is 1. The Bertz CT molecular complexity index is 855. The Morgan fingerprint density at radius 2 is 1.64 bits per heavy atom. The summed E-state index contributed by atoms with van der Waals surface area (Å²) in [6.07, 6.45) is 3.17. The average Bonchev–Trinajstić information content (AvgIpc) is 2.73. The van der Waals surface area contributed by atoms with E-state index in [-0.39, 0.29) is 24.2 Å². The number of amides is 2. The summed E-state index contributed by atoms with van der Waals surface area (Å²) < 4.78 is 5.47. The van der Waals surface area contributed by atoms with Crippen molar-refractivity contribution in [3.63, 3.8) is 0 Å². The van der Waals surface area contributed by atoms with Crippen molar-refractivity contribution >= 4 is 23.3 Å². The van der Waals surface area contributed by atoms with Gasteiger partial charge in [-0.1, -0.05) is 12.1 Å². The summed E-state index contributed by atoms with van der Waals surface area (Å²) in [6.45, 7) is 2.80. The lowest BCUT2D eigenvalue weighted by Crippen LogP contribution is -2.36. The van der Waals surface area contributed by atoms with Crippen LogP contribution in [0.25, 0.3) is 0 Å². The van der Waals surface area contributed by atoms with Crippen LogP contribution in [0, 0.1) is 0 Å². The number of carbonyl (C=O) groups excluding carboxylic acids is 3. The Morgan fingerprint density at radius 3 is 2.32 bits per heavy atom. The number of rotatable bonds is 6. The zero-order chi connectivity index (χ0) is 19.9. The van der Waals surface area contributed by atoms with E-state index in [0.717, 1.165) is 32.4 Å². The van der Waals surface area contributed by atoms with Crippen molar-refractivity contribution in [1.82, 2.24) is 4.90 Å². The molecule has 1 fully saturated rings. The first-order valence-corrected chi connectivity index (χ1v) is 9.46. The second-order valence-electron chi connectivity index (χ2n) is 6.82. The van der Waals surface area contributed by atoms with Gasteiger partial charge in [0.1, 0.15) is 5.75 Å². The second-order valence-corrected chi connectivity index (χ2v) is 6.82. The molecule has 1 aliphatic rings. The van der Waals surface area contributed by atoms with E-state index in [1.54, 1.807) is 48.5 Å². The molecule has 0 unspecified atom stereocenters. The van der Waals surface area contributed by atoms with Gasteiger partial charge in [0.15, 0.2) is 12.4 Å². The van der Waals surface area contributed by atoms with Gasteiger partial charge >= 0.3 is 0 Å². The molecule has 28 heavy (non-hydrogen) atoms. The van der Waals surface area contributed by atoms with Crippen LogP contribution in [0.1, 0.15) is 46.9 Å². The van der Waals surface area contributed by atoms with Crippen molar-refractivity contribution in [1.29, 1.82) is 0 Å². The molecule has 0 bridgehead atoms. The van der Waals surface area contributed by atoms with Crippen LogP contribution < -0.4 is 10.1 Å². The van der Waals surface area contributed by atoms with E-state index in [0.29, 0.717) is 22.6 Å². The fraction of sp³-hybridized carbons (Fsp3) is 0.318. The van der Waals surface area contributed by atoms with Gasteiger partial charge in [0.05, 0.1) is 11.3 Å². The first-order chi connectivity index (χ1) is 13.5. The molecule has 6 nitrogen and oxygen atoms in total. The average molecular weight is 380 g/mol. The lowest BCUT2D eigenvalue weighted by atomic mass is 10.1. The standard InChI is InChI=1S/C22H24N2O4/c1-16(25)17-9-11-18(12-10-17)28-15-21(26)23-20-8-4-3-7-19(20)22(27)24-13-5-2-6-14-24/h3-4,7-12H,2,5-6,13-15H2,1H3,(H,23,26). The minimum atomic E-state index is -0.352. The van der Waals surface area contributed by atoms with Gasteiger partial charge in [0.2, 0.25) is 0 Å². The highest BCUT2D eigenvalue weighted by Gasteiger charge is 2.21. The zero-order valence-corrected chi connectivity index (χ0v) is 15.9. The van der Waals surface area contributed by atoms with Gasteiger partial charge in [-0.2, -0.15) is 0 Å². The van der Waals surface area contributed by atoms with Gasteiger partial charge in [-0.15, -0.1) is 0 Å². The summed E-state index contributed by atoms with van der Waals surface area (Å²) in [5, 5.41) is 2.76. The monoisotopic (exact) mass is 380 g/mol. The van der Waals surface area contributed by atoms with Crippen molar-refractivity contribution in [3.8, 4) is 5.75 Å². The molecular weight excluding hydrogens is 356 g/mol. The molecule has 0 spiro atoms. The van der Waals surface area contributed by atoms with Crippen LogP contribution in [-0.4, -0.2) is 42.2 Å². The van der Waals surface area contributed by atoms with Crippen molar-refractivity contribution in [3.05, 3.63) is 59.7 Å². The molecule has 2 aromatic rings. The number of nitrogens with one attached hydrogen (secondary N) is 1. The fourth-order valence-electron chi connectivity index (χ4n) is 3.17. The predicted octanol–water partition coefficient (Wildman–Crippen LogP) is 3.53. The van der Waals surface area contributed by atoms with Gasteiger partial charge in [-0.25, -0.2) is 0 Å². The topological polar surface area (TPSA) is 75.7 Å². The van der Waals surface area contributed by atoms with Gasteiger partial charge in [0.25, 0.3) is 11.8 Å². The van der Waals surface area contributed by atoms with E-state index in [1.165, 1.54) is 6.92 Å². The van der Waals surface area contributed by atoms with Crippen LogP contribution in [0.2, 0.25) is 0 Å². The van der Waals surface area contributed by atoms with E-state index in [4.69, 9.17) is 4.74 Å². The molecule has 1 N–H and O–H groups in total. The van der Waals surface area contributed by atoms with Crippen LogP contribution in [-0.2, 0) is 4.79 Å². The van der Waals surface area contributed by atoms with Crippen molar-refractivity contribution in [2.45, 2.75) is 26.2 Å². The van der Waals surface area contributed by atoms with Gasteiger partial charge in [0, 0.05) is 18.7 Å². The molecule has 0 aliphatic carbocycles. The Morgan fingerprint density at radius 1 is 0.964 bits per heavy atom. The first-order valence-electron chi connectivity index (χ1n) is 9.46. The number of ether oxygens (including phenoxy) is 1. The third-order valence-electron chi connectivity index (χ3n) is 4.71. The highest BCUT2D eigenvalue weighted by atomic mass is 16.5. The van der Waals surface area contributed by atoms with Crippen LogP contribution in [0.4, 0.5) is 5.69 Å². The SMILES string of the molecule is CC(=O)c1ccc(OCC(=O)Nc2ccccc2C(=O)N2CCCCC2)cc1. The summed E-state index contributed by atoms with van der Waals surface area (Å²) in [7, 11) is 0. The molecule has 1 saturated heterocycles. The molecule has 146 valence electrons. The van der Waals surface area contributed by atoms with Gasteiger partial charge in [-0.05, 0) is 62.6 Å². The molecule has 1 aliphatic heterocycles. The Balaban J connectivity index is 1.61. The molecule has 3 rings (SSSR count). The van der Waals surface area contributed by atoms with E-state index >= 15 is 0 Å². The first kappa shape index (κ1) is 19.6. The van der Waals surface area contributed by atoms with Crippen LogP contribution in [0.3, 0.4) is 0 Å². The van der Waals surface area contributed by atoms with E-state index in [1.807, 2.05) is 4.90 Å². The maximum absolute atomic E-state index is 12.8. The van der Waals surface area contributed by atoms with Crippen LogP contribution in [0.15, 0.2) is 48.5 Å². The maximum Gasteiger partial charge on any atom is 0.262 e. The van der Waals surface area contributed by atoms with Gasteiger partial charge in [-0.3, -0.25) is 14.4 Å². The number of anilines is 1. The normalized spacial score (nSPS) is 13.7. The van der Waals surface area contributed by atoms with Crippen molar-refractivity contribution in [2.24, 2.45) is 0 Å². The molecule has 1 heterocycles. The zero-order valence-electron chi connectivity index (χ0n) is 15.9. The minimum absolute atomic E-state index is 0.0285. The lowest BCUT2D eigenvalue weighted by Gasteiger charge is -2.27. The lowest BCUT2D eigenvalue weighted by molar-refractivity contribution is -0.118. The summed E-state index contributed by atoms with van der Waals surface area (Å²) in [5.41, 5.74) is 1.56.